The fraction of sp³-hybridized carbons (Fsp3) is 0.0714. The molecule has 0 saturated heterocycles. The van der Waals surface area contributed by atoms with Crippen molar-refractivity contribution < 1.29 is 19.1 Å². The van der Waals surface area contributed by atoms with E-state index in [0.29, 0.717) is 11.1 Å². The summed E-state index contributed by atoms with van der Waals surface area (Å²) >= 11 is -3.56. The van der Waals surface area contributed by atoms with E-state index in [-0.39, 0.29) is 11.9 Å². The number of hydrogen-bond donors (Lipinski definition) is 0. The predicted molar refractivity (Wildman–Crippen MR) is 132 cm³/mol. The molecule has 0 unspecified atom stereocenters. The van der Waals surface area contributed by atoms with Crippen molar-refractivity contribution in [3.8, 4) is 11.1 Å². The van der Waals surface area contributed by atoms with Gasteiger partial charge in [-0.2, -0.15) is 0 Å². The van der Waals surface area contributed by atoms with E-state index in [4.69, 9.17) is 9.47 Å². The van der Waals surface area contributed by atoms with Crippen LogP contribution in [0.15, 0.2) is 97.1 Å². The Balaban J connectivity index is 1.94. The topological polar surface area (TPSA) is 52.6 Å². The van der Waals surface area contributed by atoms with Crippen molar-refractivity contribution >= 4 is 42.8 Å². The first kappa shape index (κ1) is 21.2. The molecule has 1 heterocycles. The van der Waals surface area contributed by atoms with Crippen LogP contribution in [0.3, 0.4) is 0 Å². The fourth-order valence-corrected chi connectivity index (χ4v) is 16.0. The summed E-state index contributed by atoms with van der Waals surface area (Å²) in [5, 5.41) is 0. The van der Waals surface area contributed by atoms with Gasteiger partial charge in [0.2, 0.25) is 0 Å². The number of ether oxygens (including phenoxy) is 2. The van der Waals surface area contributed by atoms with Crippen LogP contribution in [-0.2, 0) is 9.47 Å². The molecule has 0 aromatic heterocycles. The molecule has 0 spiro atoms. The molecule has 4 aromatic rings. The number of fused-ring (bicyclic) bond motifs is 3. The van der Waals surface area contributed by atoms with Crippen molar-refractivity contribution in [2.45, 2.75) is 0 Å². The number of hydrogen-bond acceptors (Lipinski definition) is 4. The van der Waals surface area contributed by atoms with Crippen LogP contribution in [0.1, 0.15) is 20.7 Å². The van der Waals surface area contributed by atoms with E-state index in [1.54, 1.807) is 0 Å². The second-order valence-electron chi connectivity index (χ2n) is 7.99. The van der Waals surface area contributed by atoms with Crippen molar-refractivity contribution in [3.05, 3.63) is 108 Å². The summed E-state index contributed by atoms with van der Waals surface area (Å²) in [5.74, 6) is -0.720. The van der Waals surface area contributed by atoms with Crippen molar-refractivity contribution in [2.24, 2.45) is 0 Å². The van der Waals surface area contributed by atoms with E-state index in [2.05, 4.69) is 48.5 Å². The Morgan fingerprint density at radius 3 is 1.33 bits per heavy atom. The molecule has 0 aliphatic carbocycles. The number of rotatable bonds is 4. The van der Waals surface area contributed by atoms with Crippen LogP contribution in [-0.4, -0.2) is 39.4 Å². The maximum atomic E-state index is 12.5. The maximum absolute atomic E-state index is 12.5. The Labute approximate surface area is 195 Å². The molecule has 5 heteroatoms. The summed E-state index contributed by atoms with van der Waals surface area (Å²) in [5.41, 5.74) is 3.25. The molecule has 5 rings (SSSR count). The van der Waals surface area contributed by atoms with E-state index < -0.39 is 13.3 Å². The van der Waals surface area contributed by atoms with Gasteiger partial charge in [0.25, 0.3) is 0 Å². The van der Waals surface area contributed by atoms with Crippen LogP contribution >= 0.6 is 0 Å². The molecule has 33 heavy (non-hydrogen) atoms. The third-order valence-corrected chi connectivity index (χ3v) is 16.6. The second kappa shape index (κ2) is 8.37. The average Bonchev–Trinajstić information content (AvgIpc) is 3.18. The fourth-order valence-electron chi connectivity index (χ4n) is 4.98. The van der Waals surface area contributed by atoms with E-state index in [9.17, 15) is 9.59 Å². The molecule has 4 nitrogen and oxygen atoms in total. The number of carbonyl (C=O) groups excluding carboxylic acids is 2. The Kier molecular flexibility index (Phi) is 5.38. The summed E-state index contributed by atoms with van der Waals surface area (Å²) in [7, 11) is 2.80. The molecule has 0 radical (unpaired) electrons. The normalized spacial score (nSPS) is 13.0. The molecule has 0 fully saturated rings. The van der Waals surface area contributed by atoms with Gasteiger partial charge in [-0.3, -0.25) is 0 Å². The zero-order valence-corrected chi connectivity index (χ0v) is 20.5. The summed E-state index contributed by atoms with van der Waals surface area (Å²) in [6, 6.07) is 32.6. The summed E-state index contributed by atoms with van der Waals surface area (Å²) < 4.78 is 14.9. The molecule has 162 valence electrons. The SMILES string of the molecule is COC(=O)c1ccc2[c](c1)[Ge]([c]1ccccc1)([c]1ccccc1)[c]1cc(C(=O)OC)ccc1-2. The van der Waals surface area contributed by atoms with Gasteiger partial charge in [0.05, 0.1) is 0 Å². The Morgan fingerprint density at radius 2 is 0.970 bits per heavy atom. The summed E-state index contributed by atoms with van der Waals surface area (Å²) in [6.45, 7) is 0. The van der Waals surface area contributed by atoms with Gasteiger partial charge in [-0.1, -0.05) is 0 Å². The molecular formula is C28H22GeO4. The van der Waals surface area contributed by atoms with Crippen LogP contribution in [0.2, 0.25) is 0 Å². The van der Waals surface area contributed by atoms with Crippen LogP contribution in [0.5, 0.6) is 0 Å². The Hall–Kier alpha value is -3.64. The minimum atomic E-state index is -3.56. The predicted octanol–water partition coefficient (Wildman–Crippen LogP) is 2.62. The minimum absolute atomic E-state index is 0.360. The van der Waals surface area contributed by atoms with Crippen LogP contribution in [0, 0.1) is 0 Å². The van der Waals surface area contributed by atoms with Gasteiger partial charge in [0.15, 0.2) is 0 Å². The first-order valence-electron chi connectivity index (χ1n) is 10.7. The van der Waals surface area contributed by atoms with Crippen molar-refractivity contribution in [1.82, 2.24) is 0 Å². The monoisotopic (exact) mass is 496 g/mol. The first-order valence-corrected chi connectivity index (χ1v) is 14.9. The number of esters is 2. The number of benzene rings is 4. The van der Waals surface area contributed by atoms with Gasteiger partial charge in [-0.25, -0.2) is 0 Å². The van der Waals surface area contributed by atoms with Gasteiger partial charge in [-0.15, -0.1) is 0 Å². The van der Waals surface area contributed by atoms with Gasteiger partial charge in [0, 0.05) is 0 Å². The van der Waals surface area contributed by atoms with E-state index in [1.165, 1.54) is 23.0 Å². The third-order valence-electron chi connectivity index (χ3n) is 6.39. The van der Waals surface area contributed by atoms with Crippen LogP contribution in [0.25, 0.3) is 11.1 Å². The number of carbonyl (C=O) groups is 2. The molecule has 0 bridgehead atoms. The molecule has 0 N–H and O–H groups in total. The zero-order chi connectivity index (χ0) is 23.0. The number of methoxy groups -OCH3 is 2. The standard InChI is InChI=1S/C28H22GeO4/c1-32-27(30)19-13-15-23-24-16-14-20(28(31)33-2)18-26(24)29(25(23)17-19,21-9-5-3-6-10-21)22-11-7-4-8-12-22/h3-18H,1-2H3. The molecular weight excluding hydrogens is 473 g/mol. The van der Waals surface area contributed by atoms with Crippen molar-refractivity contribution in [3.63, 3.8) is 0 Å². The summed E-state index contributed by atoms with van der Waals surface area (Å²) in [4.78, 5) is 25.0. The molecule has 1 aliphatic heterocycles. The van der Waals surface area contributed by atoms with Crippen LogP contribution in [0.4, 0.5) is 0 Å². The van der Waals surface area contributed by atoms with Crippen molar-refractivity contribution in [1.29, 1.82) is 0 Å². The van der Waals surface area contributed by atoms with E-state index >= 15 is 0 Å². The Bertz CT molecular complexity index is 1260. The molecule has 4 aromatic carbocycles. The second-order valence-corrected chi connectivity index (χ2v) is 15.8. The zero-order valence-electron chi connectivity index (χ0n) is 18.4. The molecule has 0 saturated carbocycles. The van der Waals surface area contributed by atoms with E-state index in [0.717, 1.165) is 19.9 Å². The van der Waals surface area contributed by atoms with Gasteiger partial charge in [-0.05, 0) is 0 Å². The third kappa shape index (κ3) is 3.21. The van der Waals surface area contributed by atoms with Gasteiger partial charge >= 0.3 is 195 Å². The first-order chi connectivity index (χ1) is 16.1. The van der Waals surface area contributed by atoms with Crippen molar-refractivity contribution in [2.75, 3.05) is 14.2 Å². The van der Waals surface area contributed by atoms with Crippen LogP contribution < -0.4 is 17.6 Å². The molecule has 1 aliphatic rings. The Morgan fingerprint density at radius 1 is 0.576 bits per heavy atom. The van der Waals surface area contributed by atoms with Gasteiger partial charge in [0.1, 0.15) is 0 Å². The van der Waals surface area contributed by atoms with Gasteiger partial charge < -0.3 is 0 Å². The average molecular weight is 495 g/mol. The molecule has 0 atom stereocenters. The van der Waals surface area contributed by atoms with E-state index in [1.807, 2.05) is 48.5 Å². The quantitative estimate of drug-likeness (QED) is 0.285. The summed E-state index contributed by atoms with van der Waals surface area (Å²) in [6.07, 6.45) is 0. The molecule has 0 amide bonds.